The molecule has 0 aromatic heterocycles. The first-order valence-corrected chi connectivity index (χ1v) is 7.35. The molecule has 2 aromatic rings. The molecule has 1 aliphatic rings. The number of aliphatic hydroxyl groups is 1. The lowest BCUT2D eigenvalue weighted by molar-refractivity contribution is -0.384. The highest BCUT2D eigenvalue weighted by molar-refractivity contribution is 6.31. The monoisotopic (exact) mass is 332 g/mol. The maximum absolute atomic E-state index is 12.4. The number of nitro benzene ring substituents is 1. The van der Waals surface area contributed by atoms with Crippen molar-refractivity contribution in [1.82, 2.24) is 5.32 Å². The number of non-ortho nitro benzene ring substituents is 1. The molecular formula is C16H13ClN2O4. The number of nitrogens with one attached hydrogen (secondary N) is 1. The van der Waals surface area contributed by atoms with Gasteiger partial charge in [-0.1, -0.05) is 35.9 Å². The molecule has 0 heterocycles. The summed E-state index contributed by atoms with van der Waals surface area (Å²) in [5.74, 6) is -0.517. The summed E-state index contributed by atoms with van der Waals surface area (Å²) in [6, 6.07) is 10.6. The van der Waals surface area contributed by atoms with Gasteiger partial charge in [-0.15, -0.1) is 0 Å². The van der Waals surface area contributed by atoms with Crippen LogP contribution in [0.2, 0.25) is 5.02 Å². The van der Waals surface area contributed by atoms with Gasteiger partial charge in [-0.2, -0.15) is 0 Å². The largest absolute Gasteiger partial charge is 0.390 e. The molecule has 0 saturated carbocycles. The standard InChI is InChI=1S/C16H13ClN2O4/c17-11-5-10(6-12(8-11)19(22)23)16(21)18-15-13-4-2-1-3-9(13)7-14(15)20/h1-6,8,14-15,20H,7H2,(H,18,21)/t14-,15+/m1/s1. The lowest BCUT2D eigenvalue weighted by atomic mass is 10.1. The molecule has 2 atom stereocenters. The summed E-state index contributed by atoms with van der Waals surface area (Å²) in [6.07, 6.45) is -0.276. The van der Waals surface area contributed by atoms with Crippen molar-refractivity contribution in [2.24, 2.45) is 0 Å². The summed E-state index contributed by atoms with van der Waals surface area (Å²) in [5, 5.41) is 23.9. The Kier molecular flexibility index (Phi) is 4.02. The van der Waals surface area contributed by atoms with Crippen molar-refractivity contribution in [1.29, 1.82) is 0 Å². The Balaban J connectivity index is 1.87. The highest BCUT2D eigenvalue weighted by Gasteiger charge is 2.32. The molecule has 0 saturated heterocycles. The van der Waals surface area contributed by atoms with Crippen LogP contribution in [0.3, 0.4) is 0 Å². The maximum atomic E-state index is 12.4. The Bertz CT molecular complexity index is 793. The zero-order chi connectivity index (χ0) is 16.6. The van der Waals surface area contributed by atoms with Crippen LogP contribution in [0.15, 0.2) is 42.5 Å². The van der Waals surface area contributed by atoms with E-state index in [-0.39, 0.29) is 16.3 Å². The Morgan fingerprint density at radius 3 is 2.78 bits per heavy atom. The molecule has 2 N–H and O–H groups in total. The van der Waals surface area contributed by atoms with Crippen LogP contribution in [-0.4, -0.2) is 22.0 Å². The summed E-state index contributed by atoms with van der Waals surface area (Å²) in [6.45, 7) is 0. The molecule has 2 aromatic carbocycles. The van der Waals surface area contributed by atoms with Crippen LogP contribution in [-0.2, 0) is 6.42 Å². The Hall–Kier alpha value is -2.44. The van der Waals surface area contributed by atoms with Gasteiger partial charge in [0, 0.05) is 29.1 Å². The van der Waals surface area contributed by atoms with Crippen molar-refractivity contribution in [3.63, 3.8) is 0 Å². The third-order valence-electron chi connectivity index (χ3n) is 3.85. The maximum Gasteiger partial charge on any atom is 0.271 e. The second-order valence-electron chi connectivity index (χ2n) is 5.38. The molecule has 1 amide bonds. The number of rotatable bonds is 3. The number of nitrogens with zero attached hydrogens (tertiary/aromatic N) is 1. The van der Waals surface area contributed by atoms with Crippen LogP contribution in [0, 0.1) is 10.1 Å². The average Bonchev–Trinajstić information content (AvgIpc) is 2.82. The summed E-state index contributed by atoms with van der Waals surface area (Å²) in [4.78, 5) is 22.6. The first-order chi connectivity index (χ1) is 11.0. The number of aliphatic hydroxyl groups excluding tert-OH is 1. The summed E-state index contributed by atoms with van der Waals surface area (Å²) in [7, 11) is 0. The van der Waals surface area contributed by atoms with E-state index in [4.69, 9.17) is 11.6 Å². The van der Waals surface area contributed by atoms with Crippen LogP contribution >= 0.6 is 11.6 Å². The molecule has 0 spiro atoms. The molecule has 6 nitrogen and oxygen atoms in total. The number of carbonyl (C=O) groups excluding carboxylic acids is 1. The zero-order valence-electron chi connectivity index (χ0n) is 11.9. The molecule has 0 aliphatic heterocycles. The SMILES string of the molecule is O=C(N[C@H]1c2ccccc2C[C@H]1O)c1cc(Cl)cc([N+](=O)[O-])c1. The van der Waals surface area contributed by atoms with Crippen molar-refractivity contribution in [3.8, 4) is 0 Å². The van der Waals surface area contributed by atoms with Gasteiger partial charge in [0.15, 0.2) is 0 Å². The zero-order valence-corrected chi connectivity index (χ0v) is 12.7. The van der Waals surface area contributed by atoms with Gasteiger partial charge in [-0.3, -0.25) is 14.9 Å². The number of halogens is 1. The van der Waals surface area contributed by atoms with Crippen molar-refractivity contribution in [3.05, 3.63) is 74.3 Å². The molecule has 7 heteroatoms. The Morgan fingerprint density at radius 1 is 1.30 bits per heavy atom. The molecule has 0 unspecified atom stereocenters. The topological polar surface area (TPSA) is 92.5 Å². The van der Waals surface area contributed by atoms with Crippen molar-refractivity contribution >= 4 is 23.2 Å². The predicted molar refractivity (Wildman–Crippen MR) is 84.5 cm³/mol. The summed E-state index contributed by atoms with van der Waals surface area (Å²) >= 11 is 5.83. The van der Waals surface area contributed by atoms with Crippen LogP contribution in [0.25, 0.3) is 0 Å². The van der Waals surface area contributed by atoms with Gasteiger partial charge >= 0.3 is 0 Å². The minimum atomic E-state index is -0.731. The first kappa shape index (κ1) is 15.5. The second kappa shape index (κ2) is 5.98. The smallest absolute Gasteiger partial charge is 0.271 e. The van der Waals surface area contributed by atoms with Gasteiger partial charge in [-0.05, 0) is 17.2 Å². The number of carbonyl (C=O) groups is 1. The number of amides is 1. The number of nitro groups is 1. The number of hydrogen-bond donors (Lipinski definition) is 2. The number of hydrogen-bond acceptors (Lipinski definition) is 4. The minimum Gasteiger partial charge on any atom is -0.390 e. The minimum absolute atomic E-state index is 0.0841. The fraction of sp³-hybridized carbons (Fsp3) is 0.188. The van der Waals surface area contributed by atoms with E-state index in [2.05, 4.69) is 5.32 Å². The normalized spacial score (nSPS) is 19.2. The van der Waals surface area contributed by atoms with Crippen LogP contribution in [0.1, 0.15) is 27.5 Å². The fourth-order valence-electron chi connectivity index (χ4n) is 2.78. The van der Waals surface area contributed by atoms with Crippen LogP contribution < -0.4 is 5.32 Å². The third-order valence-corrected chi connectivity index (χ3v) is 4.06. The van der Waals surface area contributed by atoms with Gasteiger partial charge < -0.3 is 10.4 Å². The van der Waals surface area contributed by atoms with E-state index in [1.807, 2.05) is 24.3 Å². The average molecular weight is 333 g/mol. The molecule has 1 aliphatic carbocycles. The molecule has 0 radical (unpaired) electrons. The Morgan fingerprint density at radius 2 is 2.04 bits per heavy atom. The molecular weight excluding hydrogens is 320 g/mol. The van der Waals surface area contributed by atoms with E-state index < -0.39 is 23.0 Å². The number of fused-ring (bicyclic) bond motifs is 1. The van der Waals surface area contributed by atoms with Gasteiger partial charge in [0.1, 0.15) is 0 Å². The van der Waals surface area contributed by atoms with E-state index in [1.54, 1.807) is 0 Å². The fourth-order valence-corrected chi connectivity index (χ4v) is 3.01. The van der Waals surface area contributed by atoms with Crippen molar-refractivity contribution in [2.75, 3.05) is 0 Å². The van der Waals surface area contributed by atoms with Crippen molar-refractivity contribution < 1.29 is 14.8 Å². The van der Waals surface area contributed by atoms with E-state index in [0.29, 0.717) is 6.42 Å². The molecule has 0 bridgehead atoms. The molecule has 3 rings (SSSR count). The van der Waals surface area contributed by atoms with E-state index >= 15 is 0 Å². The quantitative estimate of drug-likeness (QED) is 0.667. The van der Waals surface area contributed by atoms with Gasteiger partial charge in [-0.25, -0.2) is 0 Å². The molecule has 0 fully saturated rings. The van der Waals surface area contributed by atoms with Crippen LogP contribution in [0.4, 0.5) is 5.69 Å². The second-order valence-corrected chi connectivity index (χ2v) is 5.81. The van der Waals surface area contributed by atoms with Gasteiger partial charge in [0.05, 0.1) is 17.1 Å². The van der Waals surface area contributed by atoms with Gasteiger partial charge in [0.2, 0.25) is 0 Å². The highest BCUT2D eigenvalue weighted by atomic mass is 35.5. The molecule has 118 valence electrons. The lowest BCUT2D eigenvalue weighted by Crippen LogP contribution is -2.33. The summed E-state index contributed by atoms with van der Waals surface area (Å²) in [5.41, 5.74) is 1.66. The van der Waals surface area contributed by atoms with Gasteiger partial charge in [0.25, 0.3) is 11.6 Å². The lowest BCUT2D eigenvalue weighted by Gasteiger charge is -2.18. The van der Waals surface area contributed by atoms with E-state index in [1.165, 1.54) is 12.1 Å². The van der Waals surface area contributed by atoms with Crippen LogP contribution in [0.5, 0.6) is 0 Å². The third kappa shape index (κ3) is 3.04. The predicted octanol–water partition coefficient (Wildman–Crippen LogP) is 2.64. The summed E-state index contributed by atoms with van der Waals surface area (Å²) < 4.78 is 0. The number of benzene rings is 2. The first-order valence-electron chi connectivity index (χ1n) is 6.97. The Labute approximate surface area is 136 Å². The van der Waals surface area contributed by atoms with Crippen molar-refractivity contribution in [2.45, 2.75) is 18.6 Å². The van der Waals surface area contributed by atoms with E-state index in [0.717, 1.165) is 17.2 Å². The van der Waals surface area contributed by atoms with E-state index in [9.17, 15) is 20.0 Å². The highest BCUT2D eigenvalue weighted by Crippen LogP contribution is 2.31. The molecule has 23 heavy (non-hydrogen) atoms.